The van der Waals surface area contributed by atoms with Gasteiger partial charge in [0.05, 0.1) is 16.1 Å². The molecule has 34 heavy (non-hydrogen) atoms. The van der Waals surface area contributed by atoms with Gasteiger partial charge in [0.25, 0.3) is 5.91 Å². The number of benzene rings is 3. The van der Waals surface area contributed by atoms with Crippen molar-refractivity contribution in [1.82, 2.24) is 0 Å². The summed E-state index contributed by atoms with van der Waals surface area (Å²) in [5, 5.41) is 7.17. The first-order valence-electron chi connectivity index (χ1n) is 9.42. The summed E-state index contributed by atoms with van der Waals surface area (Å²) in [5.41, 5.74) is -1.18. The molecule has 1 atom stereocenters. The second-order valence-electron chi connectivity index (χ2n) is 6.95. The van der Waals surface area contributed by atoms with E-state index in [2.05, 4.69) is 5.32 Å². The van der Waals surface area contributed by atoms with Gasteiger partial charge in [0, 0.05) is 11.3 Å². The summed E-state index contributed by atoms with van der Waals surface area (Å²) in [6.45, 7) is 0. The van der Waals surface area contributed by atoms with E-state index in [0.717, 1.165) is 30.3 Å². The lowest BCUT2D eigenvalue weighted by Crippen LogP contribution is -2.26. The van der Waals surface area contributed by atoms with E-state index < -0.39 is 44.6 Å². The predicted molar refractivity (Wildman–Crippen MR) is 117 cm³/mol. The van der Waals surface area contributed by atoms with Gasteiger partial charge in [-0.2, -0.15) is 13.2 Å². The van der Waals surface area contributed by atoms with Crippen LogP contribution in [-0.2, 0) is 25.7 Å². The van der Waals surface area contributed by atoms with Gasteiger partial charge in [-0.05, 0) is 36.4 Å². The van der Waals surface area contributed by atoms with E-state index in [1.54, 1.807) is 18.2 Å². The van der Waals surface area contributed by atoms with Gasteiger partial charge in [-0.1, -0.05) is 48.0 Å². The van der Waals surface area contributed by atoms with E-state index in [1.165, 1.54) is 24.3 Å². The van der Waals surface area contributed by atoms with Crippen LogP contribution in [0.4, 0.5) is 18.9 Å². The number of carbonyl (C=O) groups is 2. The number of primary sulfonamides is 1. The molecule has 3 aromatic rings. The van der Waals surface area contributed by atoms with Gasteiger partial charge in [0.2, 0.25) is 16.1 Å². The van der Waals surface area contributed by atoms with Crippen LogP contribution in [0.3, 0.4) is 0 Å². The van der Waals surface area contributed by atoms with Crippen LogP contribution in [0, 0.1) is 0 Å². The molecule has 0 aliphatic heterocycles. The van der Waals surface area contributed by atoms with Gasteiger partial charge in [-0.3, -0.25) is 4.79 Å². The average molecular weight is 513 g/mol. The molecule has 178 valence electrons. The third-order valence-electron chi connectivity index (χ3n) is 4.50. The molecule has 0 aliphatic rings. The molecule has 3 N–H and O–H groups in total. The van der Waals surface area contributed by atoms with Crippen LogP contribution in [0.25, 0.3) is 0 Å². The zero-order chi connectivity index (χ0) is 25.1. The summed E-state index contributed by atoms with van der Waals surface area (Å²) in [6.07, 6.45) is -6.20. The highest BCUT2D eigenvalue weighted by Gasteiger charge is 2.31. The molecule has 0 bridgehead atoms. The van der Waals surface area contributed by atoms with Crippen LogP contribution < -0.4 is 10.5 Å². The molecular weight excluding hydrogens is 497 g/mol. The maximum Gasteiger partial charge on any atom is 0.416 e. The van der Waals surface area contributed by atoms with Crippen molar-refractivity contribution in [1.29, 1.82) is 0 Å². The number of alkyl halides is 3. The predicted octanol–water partition coefficient (Wildman–Crippen LogP) is 4.54. The maximum atomic E-state index is 13.0. The lowest BCUT2D eigenvalue weighted by atomic mass is 10.1. The number of rotatable bonds is 6. The molecule has 0 saturated carbocycles. The fourth-order valence-electron chi connectivity index (χ4n) is 2.91. The normalized spacial score (nSPS) is 12.6. The molecule has 0 aromatic heterocycles. The van der Waals surface area contributed by atoms with Gasteiger partial charge in [0.15, 0.2) is 0 Å². The molecule has 0 fully saturated rings. The Kier molecular flexibility index (Phi) is 7.29. The Balaban J connectivity index is 1.91. The van der Waals surface area contributed by atoms with Crippen LogP contribution in [0.2, 0.25) is 5.02 Å². The van der Waals surface area contributed by atoms with Crippen molar-refractivity contribution in [3.8, 4) is 0 Å². The zero-order valence-corrected chi connectivity index (χ0v) is 18.6. The number of nitrogens with one attached hydrogen (secondary N) is 1. The van der Waals surface area contributed by atoms with Gasteiger partial charge >= 0.3 is 12.1 Å². The van der Waals surface area contributed by atoms with Crippen LogP contribution in [-0.4, -0.2) is 20.3 Å². The van der Waals surface area contributed by atoms with E-state index >= 15 is 0 Å². The molecule has 1 unspecified atom stereocenters. The van der Waals surface area contributed by atoms with Gasteiger partial charge in [0.1, 0.15) is 4.90 Å². The maximum absolute atomic E-state index is 13.0. The molecule has 7 nitrogen and oxygen atoms in total. The monoisotopic (exact) mass is 512 g/mol. The summed E-state index contributed by atoms with van der Waals surface area (Å²) in [4.78, 5) is 25.1. The summed E-state index contributed by atoms with van der Waals surface area (Å²) in [6, 6.07) is 14.8. The number of esters is 1. The smallest absolute Gasteiger partial charge is 0.416 e. The van der Waals surface area contributed by atoms with E-state index in [9.17, 15) is 31.2 Å². The molecule has 3 rings (SSSR count). The lowest BCUT2D eigenvalue weighted by Gasteiger charge is -2.19. The standard InChI is InChI=1S/C22H16ClF3N2O5S/c23-17-10-9-14(11-18(17)34(27,31)32)21(30)33-19(13-5-2-1-3-6-13)20(29)28-16-8-4-7-15(12-16)22(24,25)26/h1-12,19H,(H,28,29)(H2,27,31,32). The Labute approximate surface area is 197 Å². The molecule has 0 heterocycles. The zero-order valence-electron chi connectivity index (χ0n) is 17.0. The highest BCUT2D eigenvalue weighted by atomic mass is 35.5. The number of amides is 1. The SMILES string of the molecule is NS(=O)(=O)c1cc(C(=O)OC(C(=O)Nc2cccc(C(F)(F)F)c2)c2ccccc2)ccc1Cl. The van der Waals surface area contributed by atoms with E-state index in [4.69, 9.17) is 21.5 Å². The Morgan fingerprint density at radius 1 is 0.971 bits per heavy atom. The minimum absolute atomic E-state index is 0.167. The van der Waals surface area contributed by atoms with Gasteiger partial charge < -0.3 is 10.1 Å². The van der Waals surface area contributed by atoms with Crippen molar-refractivity contribution >= 4 is 39.2 Å². The summed E-state index contributed by atoms with van der Waals surface area (Å²) >= 11 is 5.82. The van der Waals surface area contributed by atoms with Crippen molar-refractivity contribution in [2.75, 3.05) is 5.32 Å². The summed E-state index contributed by atoms with van der Waals surface area (Å²) < 4.78 is 67.6. The third kappa shape index (κ3) is 6.13. The average Bonchev–Trinajstić information content (AvgIpc) is 2.77. The largest absolute Gasteiger partial charge is 0.444 e. The fourth-order valence-corrected chi connectivity index (χ4v) is 3.98. The minimum atomic E-state index is -4.62. The number of sulfonamides is 1. The van der Waals surface area contributed by atoms with E-state index in [1.807, 2.05) is 0 Å². The van der Waals surface area contributed by atoms with Gasteiger partial charge in [-0.15, -0.1) is 0 Å². The molecule has 1 amide bonds. The molecular formula is C22H16ClF3N2O5S. The van der Waals surface area contributed by atoms with E-state index in [0.29, 0.717) is 0 Å². The Morgan fingerprint density at radius 2 is 1.65 bits per heavy atom. The number of halogens is 4. The summed E-state index contributed by atoms with van der Waals surface area (Å²) in [7, 11) is -4.25. The number of hydrogen-bond acceptors (Lipinski definition) is 5. The minimum Gasteiger partial charge on any atom is -0.444 e. The molecule has 12 heteroatoms. The second kappa shape index (κ2) is 9.84. The first-order valence-corrected chi connectivity index (χ1v) is 11.3. The Bertz CT molecular complexity index is 1330. The highest BCUT2D eigenvalue weighted by molar-refractivity contribution is 7.89. The number of carbonyl (C=O) groups excluding carboxylic acids is 2. The van der Waals surface area contributed by atoms with Crippen LogP contribution in [0.1, 0.15) is 27.6 Å². The van der Waals surface area contributed by atoms with Crippen LogP contribution >= 0.6 is 11.6 Å². The van der Waals surface area contributed by atoms with Crippen molar-refractivity contribution in [3.63, 3.8) is 0 Å². The molecule has 0 aliphatic carbocycles. The van der Waals surface area contributed by atoms with Crippen LogP contribution in [0.5, 0.6) is 0 Å². The third-order valence-corrected chi connectivity index (χ3v) is 5.89. The van der Waals surface area contributed by atoms with E-state index in [-0.39, 0.29) is 21.8 Å². The summed E-state index contributed by atoms with van der Waals surface area (Å²) in [5.74, 6) is -2.02. The Morgan fingerprint density at radius 3 is 2.26 bits per heavy atom. The highest BCUT2D eigenvalue weighted by Crippen LogP contribution is 2.31. The lowest BCUT2D eigenvalue weighted by molar-refractivity contribution is -0.137. The molecule has 0 saturated heterocycles. The first-order chi connectivity index (χ1) is 15.9. The number of hydrogen-bond donors (Lipinski definition) is 2. The fraction of sp³-hybridized carbons (Fsp3) is 0.0909. The molecule has 0 radical (unpaired) electrons. The van der Waals surface area contributed by atoms with Crippen molar-refractivity contribution < 1.29 is 35.9 Å². The molecule has 0 spiro atoms. The second-order valence-corrected chi connectivity index (χ2v) is 8.89. The van der Waals surface area contributed by atoms with Crippen molar-refractivity contribution in [3.05, 3.63) is 94.5 Å². The first kappa shape index (κ1) is 25.2. The molecule has 3 aromatic carbocycles. The number of nitrogens with two attached hydrogens (primary N) is 1. The Hall–Kier alpha value is -3.41. The topological polar surface area (TPSA) is 116 Å². The quantitative estimate of drug-likeness (QED) is 0.470. The van der Waals surface area contributed by atoms with Crippen LogP contribution in [0.15, 0.2) is 77.7 Å². The van der Waals surface area contributed by atoms with Crippen molar-refractivity contribution in [2.45, 2.75) is 17.2 Å². The van der Waals surface area contributed by atoms with Gasteiger partial charge in [-0.25, -0.2) is 18.4 Å². The number of ether oxygens (including phenoxy) is 1. The number of anilines is 1. The van der Waals surface area contributed by atoms with Crippen molar-refractivity contribution in [2.24, 2.45) is 5.14 Å².